The predicted octanol–water partition coefficient (Wildman–Crippen LogP) is 3.63. The highest BCUT2D eigenvalue weighted by atomic mass is 32.1. The van der Waals surface area contributed by atoms with Crippen molar-refractivity contribution in [3.8, 4) is 10.7 Å². The van der Waals surface area contributed by atoms with Gasteiger partial charge in [0.2, 0.25) is 0 Å². The molecule has 0 radical (unpaired) electrons. The van der Waals surface area contributed by atoms with E-state index in [9.17, 15) is 4.39 Å². The minimum Gasteiger partial charge on any atom is -0.320 e. The average molecular weight is 259 g/mol. The van der Waals surface area contributed by atoms with Gasteiger partial charge < -0.3 is 4.57 Å². The molecule has 1 aromatic carbocycles. The number of benzene rings is 1. The van der Waals surface area contributed by atoms with Gasteiger partial charge in [0.1, 0.15) is 5.82 Å². The standard InChI is InChI=1S/C13H10FN3S/c14-8-1-4-10-11(5-8)17(9-2-3-9)13(16-10)12-6-15-7-18-12/h1,4-7,9H,2-3H2. The van der Waals surface area contributed by atoms with Crippen LogP contribution >= 0.6 is 11.3 Å². The fraction of sp³-hybridized carbons (Fsp3) is 0.231. The number of halogens is 1. The molecule has 1 aliphatic rings. The summed E-state index contributed by atoms with van der Waals surface area (Å²) in [6.45, 7) is 0. The molecule has 0 aliphatic heterocycles. The number of hydrogen-bond acceptors (Lipinski definition) is 3. The van der Waals surface area contributed by atoms with Gasteiger partial charge in [-0.3, -0.25) is 4.98 Å². The fourth-order valence-electron chi connectivity index (χ4n) is 2.27. The van der Waals surface area contributed by atoms with Crippen LogP contribution in [-0.4, -0.2) is 14.5 Å². The lowest BCUT2D eigenvalue weighted by Crippen LogP contribution is -1.96. The Morgan fingerprint density at radius 3 is 2.94 bits per heavy atom. The zero-order valence-electron chi connectivity index (χ0n) is 9.51. The highest BCUT2D eigenvalue weighted by molar-refractivity contribution is 7.13. The van der Waals surface area contributed by atoms with E-state index >= 15 is 0 Å². The predicted molar refractivity (Wildman–Crippen MR) is 69.1 cm³/mol. The van der Waals surface area contributed by atoms with Crippen molar-refractivity contribution in [2.24, 2.45) is 0 Å². The third-order valence-electron chi connectivity index (χ3n) is 3.22. The van der Waals surface area contributed by atoms with Crippen LogP contribution in [0.3, 0.4) is 0 Å². The van der Waals surface area contributed by atoms with E-state index in [1.807, 2.05) is 6.20 Å². The Labute approximate surface area is 107 Å². The summed E-state index contributed by atoms with van der Waals surface area (Å²) < 4.78 is 15.6. The Morgan fingerprint density at radius 1 is 1.33 bits per heavy atom. The molecule has 0 spiro atoms. The van der Waals surface area contributed by atoms with Crippen LogP contribution in [0.4, 0.5) is 4.39 Å². The van der Waals surface area contributed by atoms with E-state index < -0.39 is 0 Å². The quantitative estimate of drug-likeness (QED) is 0.703. The third-order valence-corrected chi connectivity index (χ3v) is 3.99. The Balaban J connectivity index is 2.04. The normalized spacial score (nSPS) is 15.4. The van der Waals surface area contributed by atoms with Gasteiger partial charge in [0.25, 0.3) is 0 Å². The number of fused-ring (bicyclic) bond motifs is 1. The summed E-state index contributed by atoms with van der Waals surface area (Å²) in [4.78, 5) is 9.76. The van der Waals surface area contributed by atoms with Crippen LogP contribution in [0.15, 0.2) is 29.9 Å². The van der Waals surface area contributed by atoms with E-state index in [0.29, 0.717) is 6.04 Å². The molecule has 3 nitrogen and oxygen atoms in total. The molecule has 0 N–H and O–H groups in total. The van der Waals surface area contributed by atoms with Crippen molar-refractivity contribution in [2.75, 3.05) is 0 Å². The van der Waals surface area contributed by atoms with E-state index in [0.717, 1.165) is 34.6 Å². The lowest BCUT2D eigenvalue weighted by molar-refractivity contribution is 0.628. The average Bonchev–Trinajstić information content (AvgIpc) is 2.93. The zero-order chi connectivity index (χ0) is 12.1. The molecule has 4 rings (SSSR count). The van der Waals surface area contributed by atoms with Crippen LogP contribution in [0.25, 0.3) is 21.7 Å². The summed E-state index contributed by atoms with van der Waals surface area (Å²) in [5, 5.41) is 0. The van der Waals surface area contributed by atoms with Crippen molar-refractivity contribution in [3.05, 3.63) is 35.7 Å². The summed E-state index contributed by atoms with van der Waals surface area (Å²) in [5.41, 5.74) is 3.54. The third kappa shape index (κ3) is 1.47. The molecule has 1 saturated carbocycles. The van der Waals surface area contributed by atoms with Crippen LogP contribution in [0.5, 0.6) is 0 Å². The molecule has 0 unspecified atom stereocenters. The molecule has 0 saturated heterocycles. The first-order valence-electron chi connectivity index (χ1n) is 5.89. The molecule has 0 bridgehead atoms. The maximum Gasteiger partial charge on any atom is 0.153 e. The van der Waals surface area contributed by atoms with Crippen molar-refractivity contribution >= 4 is 22.4 Å². The summed E-state index contributed by atoms with van der Waals surface area (Å²) in [6, 6.07) is 5.25. The first kappa shape index (κ1) is 10.2. The highest BCUT2D eigenvalue weighted by Crippen LogP contribution is 2.41. The second-order valence-corrected chi connectivity index (χ2v) is 5.42. The summed E-state index contributed by atoms with van der Waals surface area (Å²) in [6.07, 6.45) is 4.11. The topological polar surface area (TPSA) is 30.7 Å². The van der Waals surface area contributed by atoms with Crippen LogP contribution < -0.4 is 0 Å². The molecule has 5 heteroatoms. The van der Waals surface area contributed by atoms with E-state index in [2.05, 4.69) is 14.5 Å². The molecule has 1 aliphatic carbocycles. The Hall–Kier alpha value is -1.75. The summed E-state index contributed by atoms with van der Waals surface area (Å²) in [5.74, 6) is 0.709. The van der Waals surface area contributed by atoms with E-state index in [1.165, 1.54) is 6.07 Å². The number of nitrogens with zero attached hydrogens (tertiary/aromatic N) is 3. The first-order chi connectivity index (χ1) is 8.83. The highest BCUT2D eigenvalue weighted by Gasteiger charge is 2.29. The SMILES string of the molecule is Fc1ccc2nc(-c3cncs3)n(C3CC3)c2c1. The summed E-state index contributed by atoms with van der Waals surface area (Å²) >= 11 is 1.57. The number of thiazole rings is 1. The Bertz CT molecular complexity index is 713. The van der Waals surface area contributed by atoms with Gasteiger partial charge in [-0.25, -0.2) is 9.37 Å². The van der Waals surface area contributed by atoms with Gasteiger partial charge >= 0.3 is 0 Å². The Kier molecular flexibility index (Phi) is 2.05. The molecule has 0 atom stereocenters. The molecular weight excluding hydrogens is 249 g/mol. The van der Waals surface area contributed by atoms with Crippen LogP contribution in [-0.2, 0) is 0 Å². The van der Waals surface area contributed by atoms with Gasteiger partial charge in [-0.1, -0.05) is 0 Å². The molecule has 2 heterocycles. The lowest BCUT2D eigenvalue weighted by Gasteiger charge is -2.05. The van der Waals surface area contributed by atoms with Crippen molar-refractivity contribution in [2.45, 2.75) is 18.9 Å². The van der Waals surface area contributed by atoms with Crippen molar-refractivity contribution in [1.82, 2.24) is 14.5 Å². The molecule has 18 heavy (non-hydrogen) atoms. The monoisotopic (exact) mass is 259 g/mol. The largest absolute Gasteiger partial charge is 0.320 e. The second kappa shape index (κ2) is 3.62. The molecule has 1 fully saturated rings. The molecule has 3 aromatic rings. The minimum absolute atomic E-state index is 0.208. The Morgan fingerprint density at radius 2 is 2.22 bits per heavy atom. The van der Waals surface area contributed by atoms with Crippen molar-refractivity contribution in [3.63, 3.8) is 0 Å². The van der Waals surface area contributed by atoms with Gasteiger partial charge in [-0.05, 0) is 31.0 Å². The van der Waals surface area contributed by atoms with Crippen molar-refractivity contribution in [1.29, 1.82) is 0 Å². The van der Waals surface area contributed by atoms with Gasteiger partial charge in [0.15, 0.2) is 5.82 Å². The van der Waals surface area contributed by atoms with Crippen molar-refractivity contribution < 1.29 is 4.39 Å². The smallest absolute Gasteiger partial charge is 0.153 e. The molecular formula is C13H10FN3S. The van der Waals surface area contributed by atoms with Gasteiger partial charge in [-0.15, -0.1) is 11.3 Å². The molecule has 0 amide bonds. The van der Waals surface area contributed by atoms with Gasteiger partial charge in [0, 0.05) is 12.2 Å². The number of aromatic nitrogens is 3. The van der Waals surface area contributed by atoms with Crippen LogP contribution in [0.1, 0.15) is 18.9 Å². The zero-order valence-corrected chi connectivity index (χ0v) is 10.3. The minimum atomic E-state index is -0.208. The van der Waals surface area contributed by atoms with E-state index in [4.69, 9.17) is 0 Å². The number of hydrogen-bond donors (Lipinski definition) is 0. The molecule has 90 valence electrons. The fourth-order valence-corrected chi connectivity index (χ4v) is 2.87. The maximum atomic E-state index is 13.4. The van der Waals surface area contributed by atoms with Gasteiger partial charge in [-0.2, -0.15) is 0 Å². The van der Waals surface area contributed by atoms with Gasteiger partial charge in [0.05, 0.1) is 21.4 Å². The number of rotatable bonds is 2. The number of imidazole rings is 1. The lowest BCUT2D eigenvalue weighted by atomic mass is 10.3. The first-order valence-corrected chi connectivity index (χ1v) is 6.77. The summed E-state index contributed by atoms with van der Waals surface area (Å²) in [7, 11) is 0. The van der Waals surface area contributed by atoms with Crippen LogP contribution in [0, 0.1) is 5.82 Å². The maximum absolute atomic E-state index is 13.4. The van der Waals surface area contributed by atoms with Crippen LogP contribution in [0.2, 0.25) is 0 Å². The van der Waals surface area contributed by atoms with E-state index in [-0.39, 0.29) is 5.82 Å². The molecule has 2 aromatic heterocycles. The second-order valence-electron chi connectivity index (χ2n) is 4.54. The van der Waals surface area contributed by atoms with E-state index in [1.54, 1.807) is 29.0 Å².